The Balaban J connectivity index is 1.36. The molecule has 1 amide bonds. The molecule has 0 unspecified atom stereocenters. The van der Waals surface area contributed by atoms with Gasteiger partial charge in [-0.25, -0.2) is 0 Å². The average molecular weight is 442 g/mol. The van der Waals surface area contributed by atoms with E-state index in [2.05, 4.69) is 57.4 Å². The van der Waals surface area contributed by atoms with Crippen molar-refractivity contribution in [2.75, 3.05) is 13.1 Å². The summed E-state index contributed by atoms with van der Waals surface area (Å²) in [5, 5.41) is 10.1. The average Bonchev–Trinajstić information content (AvgIpc) is 3.01. The number of carbonyl (C=O) groups excluding carboxylic acids is 1. The van der Waals surface area contributed by atoms with E-state index >= 15 is 0 Å². The lowest BCUT2D eigenvalue weighted by Crippen LogP contribution is -2.57. The number of aliphatic hydroxyl groups is 1. The Bertz CT molecular complexity index is 855. The van der Waals surface area contributed by atoms with Gasteiger partial charge in [0.05, 0.1) is 22.7 Å². The number of β-amino-alcohol motifs (C(OH)–C–C–N with tert-alkyl or cyclic N) is 1. The molecule has 7 heteroatoms. The summed E-state index contributed by atoms with van der Waals surface area (Å²) in [6, 6.07) is 0.720. The summed E-state index contributed by atoms with van der Waals surface area (Å²) in [6.45, 7) is 14.3. The summed E-state index contributed by atoms with van der Waals surface area (Å²) in [7, 11) is -0.348. The first-order valence-electron chi connectivity index (χ1n) is 12.5. The molecule has 5 rings (SSSR count). The molecule has 2 saturated heterocycles. The van der Waals surface area contributed by atoms with Crippen LogP contribution in [0.15, 0.2) is 22.8 Å². The van der Waals surface area contributed by atoms with Crippen molar-refractivity contribution in [2.45, 2.75) is 109 Å². The minimum absolute atomic E-state index is 0.201. The number of amides is 1. The van der Waals surface area contributed by atoms with Crippen molar-refractivity contribution >= 4 is 13.0 Å². The largest absolute Gasteiger partial charge is 0.490 e. The Morgan fingerprint density at radius 1 is 1.03 bits per heavy atom. The molecule has 1 N–H and O–H groups in total. The number of piperidine rings is 1. The van der Waals surface area contributed by atoms with E-state index in [0.717, 1.165) is 62.8 Å². The van der Waals surface area contributed by atoms with Crippen LogP contribution in [-0.4, -0.2) is 70.4 Å². The van der Waals surface area contributed by atoms with Gasteiger partial charge < -0.3 is 19.3 Å². The number of hydrogen-bond acceptors (Lipinski definition) is 5. The highest BCUT2D eigenvalue weighted by Crippen LogP contribution is 2.50. The topological polar surface area (TPSA) is 62.2 Å². The van der Waals surface area contributed by atoms with Crippen LogP contribution in [0.4, 0.5) is 0 Å². The molecule has 0 spiro atoms. The molecule has 2 aliphatic carbocycles. The summed E-state index contributed by atoms with van der Waals surface area (Å²) in [4.78, 5) is 18.1. The van der Waals surface area contributed by atoms with Crippen LogP contribution in [0.1, 0.15) is 80.1 Å². The Hall–Kier alpha value is -1.15. The van der Waals surface area contributed by atoms with Crippen LogP contribution < -0.4 is 0 Å². The summed E-state index contributed by atoms with van der Waals surface area (Å²) >= 11 is 0. The highest BCUT2D eigenvalue weighted by atomic mass is 16.7. The Kier molecular flexibility index (Phi) is 5.25. The van der Waals surface area contributed by atoms with Gasteiger partial charge in [0.15, 0.2) is 0 Å². The lowest BCUT2D eigenvalue weighted by molar-refractivity contribution is -0.138. The van der Waals surface area contributed by atoms with Gasteiger partial charge in [0, 0.05) is 24.3 Å². The van der Waals surface area contributed by atoms with Crippen LogP contribution in [0.25, 0.3) is 0 Å². The van der Waals surface area contributed by atoms with E-state index in [9.17, 15) is 9.90 Å². The second-order valence-electron chi connectivity index (χ2n) is 12.0. The fourth-order valence-corrected chi connectivity index (χ4v) is 6.05. The first kappa shape index (κ1) is 22.6. The Morgan fingerprint density at radius 2 is 1.69 bits per heavy atom. The van der Waals surface area contributed by atoms with Crippen LogP contribution in [0.5, 0.6) is 0 Å². The molecule has 5 aliphatic rings. The van der Waals surface area contributed by atoms with Crippen molar-refractivity contribution in [3.8, 4) is 0 Å². The number of nitrogens with zero attached hydrogens (tertiary/aromatic N) is 2. The predicted molar refractivity (Wildman–Crippen MR) is 125 cm³/mol. The van der Waals surface area contributed by atoms with E-state index in [1.54, 1.807) is 0 Å². The number of carbonyl (C=O) groups is 1. The summed E-state index contributed by atoms with van der Waals surface area (Å²) in [5.74, 6) is 0.232. The lowest BCUT2D eigenvalue weighted by atomic mass is 9.70. The summed E-state index contributed by atoms with van der Waals surface area (Å²) in [5.41, 5.74) is 2.33. The van der Waals surface area contributed by atoms with E-state index in [1.807, 2.05) is 0 Å². The monoisotopic (exact) mass is 442 g/mol. The van der Waals surface area contributed by atoms with Crippen LogP contribution >= 0.6 is 0 Å². The number of aliphatic hydroxyl groups excluding tert-OH is 1. The van der Waals surface area contributed by atoms with E-state index in [1.165, 1.54) is 5.57 Å². The molecule has 0 radical (unpaired) electrons. The summed E-state index contributed by atoms with van der Waals surface area (Å²) in [6.07, 6.45) is 7.71. The quantitative estimate of drug-likeness (QED) is 0.679. The summed E-state index contributed by atoms with van der Waals surface area (Å²) < 4.78 is 12.7. The van der Waals surface area contributed by atoms with Gasteiger partial charge in [-0.15, -0.1) is 0 Å². The molecule has 0 aromatic carbocycles. The van der Waals surface area contributed by atoms with Crippen molar-refractivity contribution in [2.24, 2.45) is 5.41 Å². The molecule has 6 nitrogen and oxygen atoms in total. The molecule has 0 aromatic rings. The van der Waals surface area contributed by atoms with E-state index in [4.69, 9.17) is 9.31 Å². The molecule has 3 aliphatic heterocycles. The van der Waals surface area contributed by atoms with Crippen LogP contribution in [0.2, 0.25) is 0 Å². The van der Waals surface area contributed by atoms with E-state index < -0.39 is 5.41 Å². The molecule has 176 valence electrons. The highest BCUT2D eigenvalue weighted by molar-refractivity contribution is 6.54. The molecule has 32 heavy (non-hydrogen) atoms. The van der Waals surface area contributed by atoms with Gasteiger partial charge in [0.25, 0.3) is 0 Å². The zero-order valence-electron chi connectivity index (χ0n) is 20.6. The van der Waals surface area contributed by atoms with E-state index in [-0.39, 0.29) is 36.4 Å². The molecular weight excluding hydrogens is 403 g/mol. The first-order chi connectivity index (χ1) is 14.9. The van der Waals surface area contributed by atoms with Gasteiger partial charge in [-0.05, 0) is 104 Å². The van der Waals surface area contributed by atoms with Gasteiger partial charge in [0.2, 0.25) is 5.91 Å². The molecule has 1 saturated carbocycles. The second-order valence-corrected chi connectivity index (χ2v) is 12.0. The minimum Gasteiger partial charge on any atom is -0.400 e. The highest BCUT2D eigenvalue weighted by Gasteiger charge is 2.55. The van der Waals surface area contributed by atoms with Gasteiger partial charge in [-0.1, -0.05) is 0 Å². The second kappa shape index (κ2) is 7.43. The molecule has 3 heterocycles. The SMILES string of the molecule is CC1(C)C(=O)N(C2CC(N3CCC[C@H](O)C3)C2)C2=C1CCC(B1OC(C)(C)C(C)(C)O1)=C2. The normalized spacial score (nSPS) is 36.3. The van der Waals surface area contributed by atoms with Gasteiger partial charge in [-0.2, -0.15) is 0 Å². The zero-order chi connectivity index (χ0) is 23.1. The van der Waals surface area contributed by atoms with Gasteiger partial charge >= 0.3 is 7.12 Å². The van der Waals surface area contributed by atoms with Crippen LogP contribution in [0, 0.1) is 5.41 Å². The molecule has 0 bridgehead atoms. The maximum absolute atomic E-state index is 13.5. The Morgan fingerprint density at radius 3 is 2.31 bits per heavy atom. The lowest BCUT2D eigenvalue weighted by Gasteiger charge is -2.49. The molecular formula is C25H39BN2O4. The Labute approximate surface area is 193 Å². The third-order valence-corrected chi connectivity index (χ3v) is 9.02. The molecule has 3 fully saturated rings. The van der Waals surface area contributed by atoms with Crippen molar-refractivity contribution in [1.82, 2.24) is 9.80 Å². The van der Waals surface area contributed by atoms with Crippen molar-refractivity contribution in [1.29, 1.82) is 0 Å². The van der Waals surface area contributed by atoms with Gasteiger partial charge in [-0.3, -0.25) is 9.69 Å². The van der Waals surface area contributed by atoms with Gasteiger partial charge in [0.1, 0.15) is 0 Å². The van der Waals surface area contributed by atoms with Crippen molar-refractivity contribution in [3.05, 3.63) is 22.8 Å². The van der Waals surface area contributed by atoms with E-state index in [0.29, 0.717) is 6.04 Å². The number of hydrogen-bond donors (Lipinski definition) is 1. The minimum atomic E-state index is -0.445. The van der Waals surface area contributed by atoms with Crippen molar-refractivity contribution in [3.63, 3.8) is 0 Å². The molecule has 0 aromatic heterocycles. The number of likely N-dealkylation sites (tertiary alicyclic amines) is 1. The maximum atomic E-state index is 13.5. The molecule has 1 atom stereocenters. The predicted octanol–water partition coefficient (Wildman–Crippen LogP) is 3.45. The fourth-order valence-electron chi connectivity index (χ4n) is 6.05. The fraction of sp³-hybridized carbons (Fsp3) is 0.800. The standard InChI is InChI=1S/C25H39BN2O4/c1-23(2)20-10-9-16(26-31-24(3,4)25(5,6)32-26)12-21(20)28(22(23)30)18-13-17(14-18)27-11-7-8-19(29)15-27/h12,17-19,29H,7-11,13-15H2,1-6H3/t17?,18?,19-/m0/s1. The number of allylic oxidation sites excluding steroid dienone is 2. The maximum Gasteiger partial charge on any atom is 0.490 e. The van der Waals surface area contributed by atoms with Crippen molar-refractivity contribution < 1.29 is 19.2 Å². The number of rotatable bonds is 3. The third kappa shape index (κ3) is 3.42. The third-order valence-electron chi connectivity index (χ3n) is 9.02. The zero-order valence-corrected chi connectivity index (χ0v) is 20.6. The van der Waals surface area contributed by atoms with Crippen LogP contribution in [-0.2, 0) is 14.1 Å². The first-order valence-corrected chi connectivity index (χ1v) is 12.5. The van der Waals surface area contributed by atoms with Crippen LogP contribution in [0.3, 0.4) is 0 Å². The smallest absolute Gasteiger partial charge is 0.400 e.